The number of anilines is 1. The standard InChI is InChI=1S/C14H13NO3/c1-9-8-12(17)13(10(2)16)14(18)15(9)11-6-4-3-5-7-11/h3-8,13H,1-2H3. The first-order valence-corrected chi connectivity index (χ1v) is 5.64. The number of hydrogen-bond acceptors (Lipinski definition) is 3. The summed E-state index contributed by atoms with van der Waals surface area (Å²) in [6, 6.07) is 8.97. The molecule has 0 N–H and O–H groups in total. The summed E-state index contributed by atoms with van der Waals surface area (Å²) in [4.78, 5) is 36.7. The third kappa shape index (κ3) is 1.97. The summed E-state index contributed by atoms with van der Waals surface area (Å²) >= 11 is 0. The van der Waals surface area contributed by atoms with Gasteiger partial charge in [-0.25, -0.2) is 0 Å². The van der Waals surface area contributed by atoms with Crippen LogP contribution >= 0.6 is 0 Å². The van der Waals surface area contributed by atoms with Crippen molar-refractivity contribution in [1.29, 1.82) is 0 Å². The normalized spacial score (nSPS) is 19.8. The lowest BCUT2D eigenvalue weighted by atomic mass is 9.93. The monoisotopic (exact) mass is 243 g/mol. The number of carbonyl (C=O) groups is 3. The van der Waals surface area contributed by atoms with Crippen LogP contribution in [-0.4, -0.2) is 17.5 Å². The Bertz CT molecular complexity index is 545. The fourth-order valence-corrected chi connectivity index (χ4v) is 2.06. The fourth-order valence-electron chi connectivity index (χ4n) is 2.06. The Morgan fingerprint density at radius 3 is 2.33 bits per heavy atom. The average Bonchev–Trinajstić information content (AvgIpc) is 2.28. The van der Waals surface area contributed by atoms with Gasteiger partial charge < -0.3 is 0 Å². The summed E-state index contributed by atoms with van der Waals surface area (Å²) in [7, 11) is 0. The lowest BCUT2D eigenvalue weighted by Gasteiger charge is -2.29. The average molecular weight is 243 g/mol. The molecule has 1 unspecified atom stereocenters. The van der Waals surface area contributed by atoms with Crippen LogP contribution in [0.4, 0.5) is 5.69 Å². The van der Waals surface area contributed by atoms with E-state index in [1.807, 2.05) is 6.07 Å². The minimum atomic E-state index is -1.20. The van der Waals surface area contributed by atoms with Crippen LogP contribution in [0.3, 0.4) is 0 Å². The molecule has 0 aliphatic carbocycles. The zero-order chi connectivity index (χ0) is 13.3. The maximum atomic E-state index is 12.2. The predicted octanol–water partition coefficient (Wildman–Crippen LogP) is 1.71. The SMILES string of the molecule is CC(=O)C1C(=O)C=C(C)N(c2ccccc2)C1=O. The Morgan fingerprint density at radius 1 is 1.17 bits per heavy atom. The first-order chi connectivity index (χ1) is 8.52. The number of amides is 1. The number of benzene rings is 1. The van der Waals surface area contributed by atoms with Gasteiger partial charge in [0.2, 0.25) is 5.91 Å². The minimum absolute atomic E-state index is 0.422. The summed E-state index contributed by atoms with van der Waals surface area (Å²) in [6.45, 7) is 2.94. The highest BCUT2D eigenvalue weighted by molar-refractivity contribution is 6.27. The van der Waals surface area contributed by atoms with E-state index >= 15 is 0 Å². The molecule has 0 saturated carbocycles. The van der Waals surface area contributed by atoms with Crippen LogP contribution in [0.2, 0.25) is 0 Å². The highest BCUT2D eigenvalue weighted by Gasteiger charge is 2.38. The Hall–Kier alpha value is -2.23. The number of carbonyl (C=O) groups excluding carboxylic acids is 3. The van der Waals surface area contributed by atoms with Crippen molar-refractivity contribution in [3.63, 3.8) is 0 Å². The largest absolute Gasteiger partial charge is 0.299 e. The molecule has 0 radical (unpaired) electrons. The Labute approximate surface area is 105 Å². The van der Waals surface area contributed by atoms with Crippen LogP contribution in [-0.2, 0) is 14.4 Å². The van der Waals surface area contributed by atoms with Crippen LogP contribution in [0.25, 0.3) is 0 Å². The van der Waals surface area contributed by atoms with Gasteiger partial charge in [0.25, 0.3) is 0 Å². The van der Waals surface area contributed by atoms with Crippen LogP contribution in [0, 0.1) is 5.92 Å². The lowest BCUT2D eigenvalue weighted by Crippen LogP contribution is -2.45. The summed E-state index contributed by atoms with van der Waals surface area (Å²) in [5.41, 5.74) is 1.20. The second kappa shape index (κ2) is 4.56. The second-order valence-corrected chi connectivity index (χ2v) is 4.24. The van der Waals surface area contributed by atoms with Crippen molar-refractivity contribution in [3.8, 4) is 0 Å². The number of allylic oxidation sites excluding steroid dienone is 2. The number of para-hydroxylation sites is 1. The van der Waals surface area contributed by atoms with Crippen molar-refractivity contribution in [3.05, 3.63) is 42.1 Å². The van der Waals surface area contributed by atoms with E-state index in [1.54, 1.807) is 31.2 Å². The molecule has 1 atom stereocenters. The van der Waals surface area contributed by atoms with E-state index in [9.17, 15) is 14.4 Å². The number of nitrogens with zero attached hydrogens (tertiary/aromatic N) is 1. The maximum absolute atomic E-state index is 12.2. The van der Waals surface area contributed by atoms with E-state index < -0.39 is 23.4 Å². The molecule has 0 spiro atoms. The third-order valence-corrected chi connectivity index (χ3v) is 2.88. The first-order valence-electron chi connectivity index (χ1n) is 5.64. The van der Waals surface area contributed by atoms with Gasteiger partial charge in [-0.05, 0) is 26.0 Å². The molecule has 1 heterocycles. The van der Waals surface area contributed by atoms with Crippen molar-refractivity contribution >= 4 is 23.2 Å². The Morgan fingerprint density at radius 2 is 1.78 bits per heavy atom. The zero-order valence-electron chi connectivity index (χ0n) is 10.2. The molecule has 0 saturated heterocycles. The number of rotatable bonds is 2. The second-order valence-electron chi connectivity index (χ2n) is 4.24. The lowest BCUT2D eigenvalue weighted by molar-refractivity contribution is -0.137. The van der Waals surface area contributed by atoms with Crippen LogP contribution < -0.4 is 4.90 Å². The first kappa shape index (κ1) is 12.2. The summed E-state index contributed by atoms with van der Waals surface area (Å²) in [6.07, 6.45) is 1.35. The molecular formula is C14H13NO3. The van der Waals surface area contributed by atoms with Gasteiger partial charge in [0.05, 0.1) is 0 Å². The van der Waals surface area contributed by atoms with Crippen LogP contribution in [0.5, 0.6) is 0 Å². The van der Waals surface area contributed by atoms with Crippen molar-refractivity contribution in [2.24, 2.45) is 5.92 Å². The van der Waals surface area contributed by atoms with Crippen molar-refractivity contribution in [1.82, 2.24) is 0 Å². The molecule has 1 aromatic rings. The summed E-state index contributed by atoms with van der Waals surface area (Å²) in [5, 5.41) is 0. The molecular weight excluding hydrogens is 230 g/mol. The molecule has 0 aromatic heterocycles. The molecule has 1 aromatic carbocycles. The summed E-state index contributed by atoms with van der Waals surface area (Å²) < 4.78 is 0. The third-order valence-electron chi connectivity index (χ3n) is 2.88. The van der Waals surface area contributed by atoms with Gasteiger partial charge >= 0.3 is 0 Å². The van der Waals surface area contributed by atoms with Gasteiger partial charge in [-0.3, -0.25) is 19.3 Å². The van der Waals surface area contributed by atoms with E-state index in [-0.39, 0.29) is 0 Å². The number of ketones is 2. The molecule has 1 aliphatic rings. The molecule has 0 bridgehead atoms. The molecule has 4 nitrogen and oxygen atoms in total. The summed E-state index contributed by atoms with van der Waals surface area (Å²) in [5.74, 6) is -2.53. The van der Waals surface area contributed by atoms with E-state index in [4.69, 9.17) is 0 Å². The van der Waals surface area contributed by atoms with Gasteiger partial charge in [-0.1, -0.05) is 18.2 Å². The highest BCUT2D eigenvalue weighted by Crippen LogP contribution is 2.26. The predicted molar refractivity (Wildman–Crippen MR) is 66.9 cm³/mol. The van der Waals surface area contributed by atoms with E-state index in [0.717, 1.165) is 0 Å². The van der Waals surface area contributed by atoms with Crippen molar-refractivity contribution < 1.29 is 14.4 Å². The fraction of sp³-hybridized carbons (Fsp3) is 0.214. The van der Waals surface area contributed by atoms with Gasteiger partial charge in [0, 0.05) is 17.5 Å². The van der Waals surface area contributed by atoms with Crippen LogP contribution in [0.15, 0.2) is 42.1 Å². The van der Waals surface area contributed by atoms with Gasteiger partial charge in [0.15, 0.2) is 11.7 Å². The smallest absolute Gasteiger partial charge is 0.249 e. The topological polar surface area (TPSA) is 54.5 Å². The van der Waals surface area contributed by atoms with Gasteiger partial charge in [-0.15, -0.1) is 0 Å². The number of hydrogen-bond donors (Lipinski definition) is 0. The molecule has 1 amide bonds. The van der Waals surface area contributed by atoms with E-state index in [1.165, 1.54) is 17.9 Å². The molecule has 92 valence electrons. The highest BCUT2D eigenvalue weighted by atomic mass is 16.2. The van der Waals surface area contributed by atoms with E-state index in [2.05, 4.69) is 0 Å². The van der Waals surface area contributed by atoms with Crippen molar-refractivity contribution in [2.75, 3.05) is 4.90 Å². The van der Waals surface area contributed by atoms with Gasteiger partial charge in [0.1, 0.15) is 5.78 Å². The van der Waals surface area contributed by atoms with Crippen molar-refractivity contribution in [2.45, 2.75) is 13.8 Å². The minimum Gasteiger partial charge on any atom is -0.299 e. The van der Waals surface area contributed by atoms with Gasteiger partial charge in [-0.2, -0.15) is 0 Å². The van der Waals surface area contributed by atoms with E-state index in [0.29, 0.717) is 11.4 Å². The number of Topliss-reactive ketones (excluding diaryl/α,β-unsaturated/α-hetero) is 1. The molecule has 2 rings (SSSR count). The molecule has 0 fully saturated rings. The zero-order valence-corrected chi connectivity index (χ0v) is 10.2. The quantitative estimate of drug-likeness (QED) is 0.743. The maximum Gasteiger partial charge on any atom is 0.249 e. The van der Waals surface area contributed by atoms with Crippen LogP contribution in [0.1, 0.15) is 13.8 Å². The Kier molecular flexibility index (Phi) is 3.10. The molecule has 18 heavy (non-hydrogen) atoms. The molecule has 1 aliphatic heterocycles. The Balaban J connectivity index is 2.48. The molecule has 4 heteroatoms.